The summed E-state index contributed by atoms with van der Waals surface area (Å²) in [6.07, 6.45) is 2.72. The van der Waals surface area contributed by atoms with Crippen LogP contribution in [0.25, 0.3) is 0 Å². The molecule has 1 atom stereocenters. The molecule has 0 amide bonds. The van der Waals surface area contributed by atoms with Gasteiger partial charge in [0.05, 0.1) is 0 Å². The molecule has 1 fully saturated rings. The molecule has 1 saturated heterocycles. The predicted molar refractivity (Wildman–Crippen MR) is 90.4 cm³/mol. The zero-order valence-corrected chi connectivity index (χ0v) is 13.9. The van der Waals surface area contributed by atoms with Crippen LogP contribution >= 0.6 is 0 Å². The number of benzene rings is 1. The molecule has 3 nitrogen and oxygen atoms in total. The van der Waals surface area contributed by atoms with E-state index in [-0.39, 0.29) is 0 Å². The molecule has 1 aromatic carbocycles. The van der Waals surface area contributed by atoms with Crippen LogP contribution in [-0.4, -0.2) is 49.1 Å². The second kappa shape index (κ2) is 8.52. The van der Waals surface area contributed by atoms with Crippen LogP contribution < -0.4 is 5.32 Å². The van der Waals surface area contributed by atoms with Crippen molar-refractivity contribution in [2.75, 3.05) is 33.2 Å². The first-order valence-electron chi connectivity index (χ1n) is 8.44. The molecule has 0 aromatic heterocycles. The zero-order chi connectivity index (χ0) is 15.1. The van der Waals surface area contributed by atoms with Crippen molar-refractivity contribution in [3.8, 4) is 0 Å². The van der Waals surface area contributed by atoms with Gasteiger partial charge in [-0.2, -0.15) is 0 Å². The van der Waals surface area contributed by atoms with Crippen molar-refractivity contribution < 1.29 is 0 Å². The summed E-state index contributed by atoms with van der Waals surface area (Å²) < 4.78 is 0. The van der Waals surface area contributed by atoms with E-state index in [2.05, 4.69) is 60.3 Å². The van der Waals surface area contributed by atoms with Crippen LogP contribution in [0.15, 0.2) is 24.3 Å². The number of nitrogens with zero attached hydrogens (tertiary/aromatic N) is 2. The zero-order valence-electron chi connectivity index (χ0n) is 13.9. The summed E-state index contributed by atoms with van der Waals surface area (Å²) in [7, 11) is 2.26. The minimum absolute atomic E-state index is 0.751. The Kier molecular flexibility index (Phi) is 6.68. The lowest BCUT2D eigenvalue weighted by Crippen LogP contribution is -2.38. The van der Waals surface area contributed by atoms with Crippen molar-refractivity contribution in [1.82, 2.24) is 15.1 Å². The fourth-order valence-corrected chi connectivity index (χ4v) is 3.38. The average Bonchev–Trinajstić information content (AvgIpc) is 2.93. The monoisotopic (exact) mass is 289 g/mol. The van der Waals surface area contributed by atoms with Gasteiger partial charge in [-0.3, -0.25) is 4.90 Å². The van der Waals surface area contributed by atoms with Crippen LogP contribution in [0.2, 0.25) is 0 Å². The largest absolute Gasteiger partial charge is 0.313 e. The molecule has 2 rings (SSSR count). The SMILES string of the molecule is CCNCc1ccccc1CN(C)CC1CCCN1CC. The van der Waals surface area contributed by atoms with E-state index in [1.807, 2.05) is 0 Å². The van der Waals surface area contributed by atoms with Crippen LogP contribution in [0, 0.1) is 0 Å². The maximum atomic E-state index is 3.44. The number of hydrogen-bond donors (Lipinski definition) is 1. The van der Waals surface area contributed by atoms with Crippen molar-refractivity contribution in [1.29, 1.82) is 0 Å². The fourth-order valence-electron chi connectivity index (χ4n) is 3.38. The lowest BCUT2D eigenvalue weighted by Gasteiger charge is -2.28. The van der Waals surface area contributed by atoms with Crippen molar-refractivity contribution in [3.05, 3.63) is 35.4 Å². The van der Waals surface area contributed by atoms with Gasteiger partial charge >= 0.3 is 0 Å². The second-order valence-corrected chi connectivity index (χ2v) is 6.17. The summed E-state index contributed by atoms with van der Waals surface area (Å²) in [4.78, 5) is 5.12. The Morgan fingerprint density at radius 3 is 2.71 bits per heavy atom. The summed E-state index contributed by atoms with van der Waals surface area (Å²) in [5.41, 5.74) is 2.90. The normalized spacial score (nSPS) is 19.5. The van der Waals surface area contributed by atoms with Crippen molar-refractivity contribution in [2.24, 2.45) is 0 Å². The molecule has 0 saturated carbocycles. The molecular formula is C18H31N3. The molecule has 21 heavy (non-hydrogen) atoms. The number of rotatable bonds is 8. The van der Waals surface area contributed by atoms with Crippen molar-refractivity contribution >= 4 is 0 Å². The van der Waals surface area contributed by atoms with Gasteiger partial charge < -0.3 is 10.2 Å². The Hall–Kier alpha value is -0.900. The van der Waals surface area contributed by atoms with Crippen LogP contribution in [0.3, 0.4) is 0 Å². The highest BCUT2D eigenvalue weighted by atomic mass is 15.2. The number of nitrogens with one attached hydrogen (secondary N) is 1. The van der Waals surface area contributed by atoms with E-state index >= 15 is 0 Å². The third kappa shape index (κ3) is 4.80. The van der Waals surface area contributed by atoms with Crippen LogP contribution in [-0.2, 0) is 13.1 Å². The second-order valence-electron chi connectivity index (χ2n) is 6.17. The molecule has 0 spiro atoms. The van der Waals surface area contributed by atoms with Gasteiger partial charge in [0.25, 0.3) is 0 Å². The molecule has 0 bridgehead atoms. The van der Waals surface area contributed by atoms with Gasteiger partial charge in [-0.15, -0.1) is 0 Å². The van der Waals surface area contributed by atoms with E-state index in [1.54, 1.807) is 0 Å². The van der Waals surface area contributed by atoms with Gasteiger partial charge in [0.15, 0.2) is 0 Å². The topological polar surface area (TPSA) is 18.5 Å². The molecule has 118 valence electrons. The molecule has 1 aliphatic heterocycles. The van der Waals surface area contributed by atoms with Crippen LogP contribution in [0.5, 0.6) is 0 Å². The Labute approximate surface area is 130 Å². The van der Waals surface area contributed by atoms with Gasteiger partial charge in [-0.25, -0.2) is 0 Å². The third-order valence-electron chi connectivity index (χ3n) is 4.55. The van der Waals surface area contributed by atoms with Gasteiger partial charge in [0, 0.05) is 25.7 Å². The summed E-state index contributed by atoms with van der Waals surface area (Å²) in [5.74, 6) is 0. The molecule has 1 unspecified atom stereocenters. The molecule has 1 aromatic rings. The van der Waals surface area contributed by atoms with Gasteiger partial charge in [-0.05, 0) is 50.7 Å². The summed E-state index contributed by atoms with van der Waals surface area (Å²) >= 11 is 0. The highest BCUT2D eigenvalue weighted by Crippen LogP contribution is 2.18. The van der Waals surface area contributed by atoms with Crippen LogP contribution in [0.4, 0.5) is 0 Å². The average molecular weight is 289 g/mol. The third-order valence-corrected chi connectivity index (χ3v) is 4.55. The molecule has 1 aliphatic rings. The van der Waals surface area contributed by atoms with E-state index in [0.29, 0.717) is 0 Å². The summed E-state index contributed by atoms with van der Waals surface area (Å²) in [6, 6.07) is 9.58. The van der Waals surface area contributed by atoms with E-state index in [9.17, 15) is 0 Å². The number of likely N-dealkylation sites (N-methyl/N-ethyl adjacent to an activating group) is 2. The van der Waals surface area contributed by atoms with E-state index in [1.165, 1.54) is 43.6 Å². The van der Waals surface area contributed by atoms with Gasteiger partial charge in [0.2, 0.25) is 0 Å². The predicted octanol–water partition coefficient (Wildman–Crippen LogP) is 2.71. The molecule has 0 aliphatic carbocycles. The lowest BCUT2D eigenvalue weighted by molar-refractivity contribution is 0.194. The summed E-state index contributed by atoms with van der Waals surface area (Å²) in [5, 5.41) is 3.44. The first-order valence-corrected chi connectivity index (χ1v) is 8.44. The van der Waals surface area contributed by atoms with Gasteiger partial charge in [-0.1, -0.05) is 38.1 Å². The quantitative estimate of drug-likeness (QED) is 0.794. The van der Waals surface area contributed by atoms with E-state index in [4.69, 9.17) is 0 Å². The molecular weight excluding hydrogens is 258 g/mol. The highest BCUT2D eigenvalue weighted by Gasteiger charge is 2.24. The molecule has 3 heteroatoms. The first kappa shape index (κ1) is 16.5. The van der Waals surface area contributed by atoms with Crippen molar-refractivity contribution in [3.63, 3.8) is 0 Å². The number of hydrogen-bond acceptors (Lipinski definition) is 3. The number of likely N-dealkylation sites (tertiary alicyclic amines) is 1. The minimum Gasteiger partial charge on any atom is -0.313 e. The maximum Gasteiger partial charge on any atom is 0.0234 e. The van der Waals surface area contributed by atoms with Crippen molar-refractivity contribution in [2.45, 2.75) is 45.8 Å². The Balaban J connectivity index is 1.91. The summed E-state index contributed by atoms with van der Waals surface area (Å²) in [6.45, 7) is 11.2. The smallest absolute Gasteiger partial charge is 0.0234 e. The first-order chi connectivity index (χ1) is 10.2. The Morgan fingerprint density at radius 2 is 2.00 bits per heavy atom. The highest BCUT2D eigenvalue weighted by molar-refractivity contribution is 5.27. The molecule has 1 heterocycles. The molecule has 1 N–H and O–H groups in total. The van der Waals surface area contributed by atoms with Gasteiger partial charge in [0.1, 0.15) is 0 Å². The lowest BCUT2D eigenvalue weighted by atomic mass is 10.1. The Morgan fingerprint density at radius 1 is 1.24 bits per heavy atom. The minimum atomic E-state index is 0.751. The fraction of sp³-hybridized carbons (Fsp3) is 0.667. The molecule has 0 radical (unpaired) electrons. The maximum absolute atomic E-state index is 3.44. The van der Waals surface area contributed by atoms with E-state index in [0.717, 1.165) is 25.7 Å². The standard InChI is InChI=1S/C18H31N3/c1-4-19-13-16-9-6-7-10-17(16)14-20(3)15-18-11-8-12-21(18)5-2/h6-7,9-10,18-19H,4-5,8,11-15H2,1-3H3. The van der Waals surface area contributed by atoms with E-state index < -0.39 is 0 Å². The van der Waals surface area contributed by atoms with Crippen LogP contribution in [0.1, 0.15) is 37.8 Å². The Bertz CT molecular complexity index is 419.